The van der Waals surface area contributed by atoms with E-state index in [-0.39, 0.29) is 18.7 Å². The first-order valence-corrected chi connectivity index (χ1v) is 6.34. The molecule has 0 spiro atoms. The Morgan fingerprint density at radius 1 is 1.45 bits per heavy atom. The van der Waals surface area contributed by atoms with Crippen LogP contribution in [-0.4, -0.2) is 32.0 Å². The number of ether oxygens (including phenoxy) is 2. The van der Waals surface area contributed by atoms with Crippen LogP contribution in [0.1, 0.15) is 18.1 Å². The molecule has 0 aliphatic heterocycles. The van der Waals surface area contributed by atoms with E-state index in [2.05, 4.69) is 4.85 Å². The molecule has 0 aromatic heterocycles. The lowest BCUT2D eigenvalue weighted by Gasteiger charge is -2.07. The molecule has 112 valence electrons. The van der Waals surface area contributed by atoms with Crippen LogP contribution in [0.2, 0.25) is 0 Å². The smallest absolute Gasteiger partial charge is 0.342 e. The predicted octanol–water partition coefficient (Wildman–Crippen LogP) is 2.00. The topological polar surface area (TPSA) is 80.8 Å². The van der Waals surface area contributed by atoms with Crippen molar-refractivity contribution in [2.75, 3.05) is 20.3 Å². The van der Waals surface area contributed by atoms with Gasteiger partial charge in [-0.1, -0.05) is 0 Å². The highest BCUT2D eigenvalue weighted by Gasteiger charge is 2.17. The molecule has 0 aliphatic rings. The SMILES string of the molecule is [C-]#[N+]CCOC(=O)/C(=C\c1ccc(C#N)cc1OC)C(C)=O. The highest BCUT2D eigenvalue weighted by molar-refractivity contribution is 6.19. The summed E-state index contributed by atoms with van der Waals surface area (Å²) in [6, 6.07) is 6.61. The molecule has 6 heteroatoms. The first kappa shape index (κ1) is 16.9. The minimum absolute atomic E-state index is 0.0388. The van der Waals surface area contributed by atoms with E-state index in [0.29, 0.717) is 16.9 Å². The Labute approximate surface area is 128 Å². The van der Waals surface area contributed by atoms with Crippen LogP contribution < -0.4 is 4.74 Å². The summed E-state index contributed by atoms with van der Waals surface area (Å²) in [5.41, 5.74) is 0.736. The van der Waals surface area contributed by atoms with E-state index in [1.165, 1.54) is 26.2 Å². The Kier molecular flexibility index (Phi) is 6.33. The molecule has 1 aromatic carbocycles. The second kappa shape index (κ2) is 8.23. The van der Waals surface area contributed by atoms with Gasteiger partial charge in [0.2, 0.25) is 6.54 Å². The third kappa shape index (κ3) is 4.46. The Hall–Kier alpha value is -3.12. The van der Waals surface area contributed by atoms with Crippen LogP contribution in [0.15, 0.2) is 23.8 Å². The van der Waals surface area contributed by atoms with Crippen LogP contribution in [0, 0.1) is 17.9 Å². The normalized spacial score (nSPS) is 10.3. The number of nitrogens with zero attached hydrogens (tertiary/aromatic N) is 2. The van der Waals surface area contributed by atoms with Gasteiger partial charge in [0.05, 0.1) is 18.7 Å². The molecule has 0 unspecified atom stereocenters. The second-order valence-corrected chi connectivity index (χ2v) is 4.20. The molecule has 0 saturated heterocycles. The quantitative estimate of drug-likeness (QED) is 0.200. The van der Waals surface area contributed by atoms with E-state index in [1.807, 2.05) is 6.07 Å². The van der Waals surface area contributed by atoms with Crippen molar-refractivity contribution < 1.29 is 19.1 Å². The molecule has 1 rings (SSSR count). The van der Waals surface area contributed by atoms with Gasteiger partial charge in [-0.2, -0.15) is 5.26 Å². The van der Waals surface area contributed by atoms with Crippen molar-refractivity contribution in [3.8, 4) is 11.8 Å². The number of methoxy groups -OCH3 is 1. The molecule has 0 N–H and O–H groups in total. The molecule has 0 fully saturated rings. The lowest BCUT2D eigenvalue weighted by Crippen LogP contribution is -2.15. The largest absolute Gasteiger partial charge is 0.496 e. The van der Waals surface area contributed by atoms with Crippen molar-refractivity contribution in [3.63, 3.8) is 0 Å². The maximum atomic E-state index is 11.9. The van der Waals surface area contributed by atoms with Gasteiger partial charge >= 0.3 is 5.97 Å². The van der Waals surface area contributed by atoms with E-state index < -0.39 is 11.8 Å². The Morgan fingerprint density at radius 2 is 2.18 bits per heavy atom. The van der Waals surface area contributed by atoms with Crippen LogP contribution in [0.25, 0.3) is 10.9 Å². The average Bonchev–Trinajstić information content (AvgIpc) is 2.52. The summed E-state index contributed by atoms with van der Waals surface area (Å²) in [6.07, 6.45) is 1.35. The Balaban J connectivity index is 3.14. The van der Waals surface area contributed by atoms with Gasteiger partial charge in [-0.3, -0.25) is 4.79 Å². The maximum Gasteiger partial charge on any atom is 0.342 e. The summed E-state index contributed by atoms with van der Waals surface area (Å²) in [5, 5.41) is 8.85. The summed E-state index contributed by atoms with van der Waals surface area (Å²) in [6.45, 7) is 7.83. The van der Waals surface area contributed by atoms with Crippen LogP contribution in [0.5, 0.6) is 5.75 Å². The van der Waals surface area contributed by atoms with Gasteiger partial charge in [-0.25, -0.2) is 11.4 Å². The van der Waals surface area contributed by atoms with Crippen molar-refractivity contribution in [2.24, 2.45) is 0 Å². The number of rotatable bonds is 6. The van der Waals surface area contributed by atoms with E-state index >= 15 is 0 Å². The van der Waals surface area contributed by atoms with Crippen molar-refractivity contribution in [3.05, 3.63) is 46.3 Å². The molecule has 0 bridgehead atoms. The third-order valence-electron chi connectivity index (χ3n) is 2.70. The zero-order valence-electron chi connectivity index (χ0n) is 12.3. The van der Waals surface area contributed by atoms with Crippen molar-refractivity contribution in [1.29, 1.82) is 5.26 Å². The van der Waals surface area contributed by atoms with Crippen LogP contribution in [0.4, 0.5) is 0 Å². The average molecular weight is 298 g/mol. The molecule has 6 nitrogen and oxygen atoms in total. The summed E-state index contributed by atoms with van der Waals surface area (Å²) >= 11 is 0. The summed E-state index contributed by atoms with van der Waals surface area (Å²) < 4.78 is 10.0. The molecular weight excluding hydrogens is 284 g/mol. The highest BCUT2D eigenvalue weighted by Crippen LogP contribution is 2.23. The first-order valence-electron chi connectivity index (χ1n) is 6.34. The van der Waals surface area contributed by atoms with E-state index in [1.54, 1.807) is 12.1 Å². The van der Waals surface area contributed by atoms with Gasteiger partial charge in [-0.15, -0.1) is 0 Å². The van der Waals surface area contributed by atoms with Gasteiger partial charge in [0.25, 0.3) is 0 Å². The summed E-state index contributed by atoms with van der Waals surface area (Å²) in [5.74, 6) is -0.881. The molecule has 1 aromatic rings. The number of esters is 1. The molecule has 0 atom stereocenters. The third-order valence-corrected chi connectivity index (χ3v) is 2.70. The minimum atomic E-state index is -0.789. The van der Waals surface area contributed by atoms with E-state index in [4.69, 9.17) is 21.3 Å². The molecule has 0 aliphatic carbocycles. The van der Waals surface area contributed by atoms with Crippen LogP contribution in [-0.2, 0) is 14.3 Å². The van der Waals surface area contributed by atoms with Gasteiger partial charge in [0.15, 0.2) is 12.4 Å². The maximum absolute atomic E-state index is 11.9. The minimum Gasteiger partial charge on any atom is -0.496 e. The monoisotopic (exact) mass is 298 g/mol. The zero-order valence-corrected chi connectivity index (χ0v) is 12.3. The van der Waals surface area contributed by atoms with Gasteiger partial charge in [-0.05, 0) is 31.2 Å². The van der Waals surface area contributed by atoms with Crippen molar-refractivity contribution >= 4 is 17.8 Å². The molecule has 0 saturated carbocycles. The number of Topliss-reactive ketones (excluding diaryl/α,β-unsaturated/α-hetero) is 1. The lowest BCUT2D eigenvalue weighted by molar-refractivity contribution is -0.139. The van der Waals surface area contributed by atoms with Gasteiger partial charge in [0, 0.05) is 5.56 Å². The zero-order chi connectivity index (χ0) is 16.5. The number of benzene rings is 1. The number of hydrogen-bond donors (Lipinski definition) is 0. The van der Waals surface area contributed by atoms with Gasteiger partial charge < -0.3 is 14.3 Å². The van der Waals surface area contributed by atoms with E-state index in [0.717, 1.165) is 0 Å². The summed E-state index contributed by atoms with van der Waals surface area (Å²) in [7, 11) is 1.43. The molecule has 22 heavy (non-hydrogen) atoms. The fourth-order valence-corrected chi connectivity index (χ4v) is 1.62. The number of nitriles is 1. The number of hydrogen-bond acceptors (Lipinski definition) is 5. The number of carbonyl (C=O) groups excluding carboxylic acids is 2. The van der Waals surface area contributed by atoms with Crippen molar-refractivity contribution in [2.45, 2.75) is 6.92 Å². The fourth-order valence-electron chi connectivity index (χ4n) is 1.62. The number of ketones is 1. The van der Waals surface area contributed by atoms with Crippen molar-refractivity contribution in [1.82, 2.24) is 0 Å². The first-order chi connectivity index (χ1) is 10.5. The summed E-state index contributed by atoms with van der Waals surface area (Å²) in [4.78, 5) is 26.6. The van der Waals surface area contributed by atoms with E-state index in [9.17, 15) is 9.59 Å². The molecule has 0 heterocycles. The van der Waals surface area contributed by atoms with Gasteiger partial charge in [0.1, 0.15) is 11.3 Å². The number of carbonyl (C=O) groups is 2. The van der Waals surface area contributed by atoms with Crippen LogP contribution >= 0.6 is 0 Å². The Morgan fingerprint density at radius 3 is 2.73 bits per heavy atom. The molecular formula is C16H14N2O4. The fraction of sp³-hybridized carbons (Fsp3) is 0.250. The predicted molar refractivity (Wildman–Crippen MR) is 78.8 cm³/mol. The standard InChI is InChI=1S/C16H14N2O4/c1-11(19)14(16(20)22-7-6-18-2)9-13-5-4-12(10-17)8-15(13)21-3/h4-5,8-9H,6-7H2,1,3H3/b14-9-. The second-order valence-electron chi connectivity index (χ2n) is 4.20. The Bertz CT molecular complexity index is 693. The lowest BCUT2D eigenvalue weighted by atomic mass is 10.1. The highest BCUT2D eigenvalue weighted by atomic mass is 16.5. The molecule has 0 radical (unpaired) electrons. The molecule has 0 amide bonds. The van der Waals surface area contributed by atoms with Crippen LogP contribution in [0.3, 0.4) is 0 Å².